The normalized spacial score (nSPS) is 16.2. The first kappa shape index (κ1) is 30.5. The molecule has 0 spiro atoms. The Morgan fingerprint density at radius 1 is 0.481 bits per heavy atom. The molecule has 258 valence electrons. The summed E-state index contributed by atoms with van der Waals surface area (Å²) < 4.78 is 5.22. The minimum absolute atomic E-state index is 0.00233. The molecule has 12 rings (SSSR count). The number of para-hydroxylation sites is 5. The van der Waals surface area contributed by atoms with Crippen LogP contribution in [0.25, 0.3) is 66.1 Å². The fourth-order valence-electron chi connectivity index (χ4n) is 10.7. The third kappa shape index (κ3) is 3.78. The van der Waals surface area contributed by atoms with Gasteiger partial charge in [-0.2, -0.15) is 0 Å². The van der Waals surface area contributed by atoms with Gasteiger partial charge in [0.2, 0.25) is 0 Å². The smallest absolute Gasteiger partial charge is 0.333 e. The summed E-state index contributed by atoms with van der Waals surface area (Å²) in [5, 5.41) is 5.25. The maximum atomic E-state index is 2.65. The van der Waals surface area contributed by atoms with Gasteiger partial charge in [-0.1, -0.05) is 119 Å². The quantitative estimate of drug-likeness (QED) is 0.164. The van der Waals surface area contributed by atoms with Gasteiger partial charge < -0.3 is 13.9 Å². The standard InChI is InChI=1S/C50H40BN3/c1-49(2)26-27-50(3,4)38-30-44-36(28-37(38)49)46-45(52-40-22-12-8-18-32(40)33-19-9-13-23-41(33)52)29-35-34-20-10-14-24-42(34)54(31-16-6-5-7-17-31)51-39-21-11-15-25-43(39)53(44)48(46)47(35)51/h5-25,28-30H,26-27H2,1-4H3. The van der Waals surface area contributed by atoms with Crippen LogP contribution in [-0.4, -0.2) is 16.0 Å². The molecule has 2 aromatic heterocycles. The summed E-state index contributed by atoms with van der Waals surface area (Å²) in [6, 6.07) is 55.0. The van der Waals surface area contributed by atoms with Crippen molar-refractivity contribution in [2.75, 3.05) is 4.81 Å². The van der Waals surface area contributed by atoms with E-state index in [0.717, 1.165) is 0 Å². The number of anilines is 2. The van der Waals surface area contributed by atoms with E-state index < -0.39 is 0 Å². The van der Waals surface area contributed by atoms with Crippen molar-refractivity contribution in [3.63, 3.8) is 0 Å². The average molecular weight is 694 g/mol. The Kier molecular flexibility index (Phi) is 5.84. The first-order chi connectivity index (χ1) is 26.3. The molecule has 1 aliphatic carbocycles. The van der Waals surface area contributed by atoms with Gasteiger partial charge in [-0.25, -0.2) is 0 Å². The molecule has 4 heteroatoms. The molecule has 0 fully saturated rings. The highest BCUT2D eigenvalue weighted by atomic mass is 15.1. The number of benzene rings is 7. The summed E-state index contributed by atoms with van der Waals surface area (Å²) >= 11 is 0. The number of aromatic nitrogens is 2. The van der Waals surface area contributed by atoms with Crippen LogP contribution in [0.5, 0.6) is 0 Å². The molecule has 0 atom stereocenters. The molecule has 0 amide bonds. The Morgan fingerprint density at radius 3 is 1.80 bits per heavy atom. The second-order valence-electron chi connectivity index (χ2n) is 17.2. The van der Waals surface area contributed by atoms with Gasteiger partial charge in [0.05, 0.1) is 27.8 Å². The fraction of sp³-hybridized carbons (Fsp3) is 0.160. The minimum atomic E-state index is 0.00233. The molecule has 0 bridgehead atoms. The van der Waals surface area contributed by atoms with E-state index in [1.807, 2.05) is 0 Å². The van der Waals surface area contributed by atoms with Crippen molar-refractivity contribution in [1.29, 1.82) is 0 Å². The van der Waals surface area contributed by atoms with E-state index in [1.54, 1.807) is 0 Å². The summed E-state index contributed by atoms with van der Waals surface area (Å²) in [4.78, 5) is 2.61. The van der Waals surface area contributed by atoms with E-state index in [0.29, 0.717) is 0 Å². The lowest BCUT2D eigenvalue weighted by molar-refractivity contribution is 0.332. The van der Waals surface area contributed by atoms with Crippen LogP contribution in [-0.2, 0) is 10.8 Å². The Hall–Kier alpha value is -6.00. The number of fused-ring (bicyclic) bond motifs is 12. The van der Waals surface area contributed by atoms with Gasteiger partial charge >= 0.3 is 6.85 Å². The van der Waals surface area contributed by atoms with Crippen LogP contribution in [0.1, 0.15) is 51.7 Å². The highest BCUT2D eigenvalue weighted by Crippen LogP contribution is 2.52. The Bertz CT molecular complexity index is 3020. The van der Waals surface area contributed by atoms with Gasteiger partial charge in [0.25, 0.3) is 0 Å². The highest BCUT2D eigenvalue weighted by Gasteiger charge is 2.45. The molecular weight excluding hydrogens is 653 g/mol. The topological polar surface area (TPSA) is 13.1 Å². The summed E-state index contributed by atoms with van der Waals surface area (Å²) in [6.07, 6.45) is 2.36. The molecule has 54 heavy (non-hydrogen) atoms. The highest BCUT2D eigenvalue weighted by molar-refractivity contribution is 6.93. The molecule has 3 nitrogen and oxygen atoms in total. The summed E-state index contributed by atoms with van der Waals surface area (Å²) in [5.41, 5.74) is 18.6. The van der Waals surface area contributed by atoms with E-state index in [9.17, 15) is 0 Å². The van der Waals surface area contributed by atoms with E-state index in [-0.39, 0.29) is 17.7 Å². The predicted octanol–water partition coefficient (Wildman–Crippen LogP) is 11.5. The Balaban J connectivity index is 1.35. The first-order valence-electron chi connectivity index (χ1n) is 19.5. The maximum absolute atomic E-state index is 2.65. The molecule has 0 unspecified atom stereocenters. The van der Waals surface area contributed by atoms with Gasteiger partial charge in [0.1, 0.15) is 0 Å². The minimum Gasteiger partial charge on any atom is -0.376 e. The van der Waals surface area contributed by atoms with E-state index in [1.165, 1.54) is 112 Å². The zero-order valence-corrected chi connectivity index (χ0v) is 31.2. The van der Waals surface area contributed by atoms with Crippen molar-refractivity contribution in [2.24, 2.45) is 0 Å². The van der Waals surface area contributed by atoms with Crippen LogP contribution in [0.3, 0.4) is 0 Å². The van der Waals surface area contributed by atoms with Crippen LogP contribution >= 0.6 is 0 Å². The van der Waals surface area contributed by atoms with E-state index in [4.69, 9.17) is 0 Å². The SMILES string of the molecule is CC1(C)CCC(C)(C)c2cc3c(cc21)c1c(-n2c4ccccc4c4ccccc42)cc2c4c1n3-c1ccccc1B4N(c1ccccc1)c1ccccc1-2. The van der Waals surface area contributed by atoms with Crippen molar-refractivity contribution in [3.05, 3.63) is 157 Å². The van der Waals surface area contributed by atoms with Crippen molar-refractivity contribution in [2.45, 2.75) is 51.4 Å². The number of hydrogen-bond donors (Lipinski definition) is 0. The second kappa shape index (κ2) is 10.4. The Labute approximate surface area is 316 Å². The van der Waals surface area contributed by atoms with Gasteiger partial charge in [-0.15, -0.1) is 0 Å². The van der Waals surface area contributed by atoms with E-state index in [2.05, 4.69) is 187 Å². The van der Waals surface area contributed by atoms with Crippen LogP contribution in [0.4, 0.5) is 11.4 Å². The third-order valence-electron chi connectivity index (χ3n) is 13.3. The molecule has 2 aliphatic heterocycles. The molecule has 0 saturated heterocycles. The zero-order chi connectivity index (χ0) is 36.1. The maximum Gasteiger partial charge on any atom is 0.333 e. The van der Waals surface area contributed by atoms with Gasteiger partial charge in [0, 0.05) is 44.2 Å². The first-order valence-corrected chi connectivity index (χ1v) is 19.5. The van der Waals surface area contributed by atoms with Crippen molar-refractivity contribution in [1.82, 2.24) is 9.13 Å². The molecule has 0 radical (unpaired) electrons. The van der Waals surface area contributed by atoms with Gasteiger partial charge in [0.15, 0.2) is 0 Å². The molecule has 3 aliphatic rings. The lowest BCUT2D eigenvalue weighted by atomic mass is 9.44. The average Bonchev–Trinajstić information content (AvgIpc) is 3.72. The van der Waals surface area contributed by atoms with Crippen molar-refractivity contribution < 1.29 is 0 Å². The van der Waals surface area contributed by atoms with Crippen molar-refractivity contribution in [3.8, 4) is 22.5 Å². The zero-order valence-electron chi connectivity index (χ0n) is 31.2. The van der Waals surface area contributed by atoms with Gasteiger partial charge in [-0.3, -0.25) is 0 Å². The van der Waals surface area contributed by atoms with E-state index >= 15 is 0 Å². The summed E-state index contributed by atoms with van der Waals surface area (Å²) in [6.45, 7) is 9.83. The van der Waals surface area contributed by atoms with Crippen LogP contribution in [0.15, 0.2) is 146 Å². The molecule has 0 N–H and O–H groups in total. The Morgan fingerprint density at radius 2 is 1.07 bits per heavy atom. The third-order valence-corrected chi connectivity index (χ3v) is 13.3. The molecule has 4 heterocycles. The second-order valence-corrected chi connectivity index (χ2v) is 17.2. The van der Waals surface area contributed by atoms with Crippen LogP contribution < -0.4 is 15.7 Å². The monoisotopic (exact) mass is 693 g/mol. The fourth-order valence-corrected chi connectivity index (χ4v) is 10.7. The molecule has 7 aromatic carbocycles. The number of nitrogens with zero attached hydrogens (tertiary/aromatic N) is 3. The lowest BCUT2D eigenvalue weighted by Gasteiger charge is -2.42. The molecular formula is C50H40BN3. The largest absolute Gasteiger partial charge is 0.376 e. The summed E-state index contributed by atoms with van der Waals surface area (Å²) in [5.74, 6) is 0. The van der Waals surface area contributed by atoms with Gasteiger partial charge in [-0.05, 0) is 106 Å². The van der Waals surface area contributed by atoms with Crippen LogP contribution in [0, 0.1) is 0 Å². The lowest BCUT2D eigenvalue weighted by Crippen LogP contribution is -2.60. The predicted molar refractivity (Wildman–Crippen MR) is 229 cm³/mol. The van der Waals surface area contributed by atoms with Crippen LogP contribution in [0.2, 0.25) is 0 Å². The number of hydrogen-bond acceptors (Lipinski definition) is 1. The molecule has 0 saturated carbocycles. The summed E-state index contributed by atoms with van der Waals surface area (Å²) in [7, 11) is 0. The number of rotatable bonds is 2. The van der Waals surface area contributed by atoms with Crippen molar-refractivity contribution >= 4 is 72.8 Å². The molecule has 9 aromatic rings.